The normalized spacial score (nSPS) is 11.9. The first-order chi connectivity index (χ1) is 11.9. The minimum Gasteiger partial charge on any atom is -0.497 e. The molecule has 1 rings (SSSR count). The van der Waals surface area contributed by atoms with Crippen LogP contribution in [0.5, 0.6) is 11.5 Å². The van der Waals surface area contributed by atoms with Gasteiger partial charge in [0, 0.05) is 18.7 Å². The van der Waals surface area contributed by atoms with Crippen LogP contribution in [-0.2, 0) is 9.53 Å². The van der Waals surface area contributed by atoms with E-state index in [1.807, 2.05) is 0 Å². The molecule has 134 valence electrons. The Bertz CT molecular complexity index is 723. The summed E-state index contributed by atoms with van der Waals surface area (Å²) in [5.74, 6) is 5.72. The fourth-order valence-corrected chi connectivity index (χ4v) is 1.81. The second kappa shape index (κ2) is 9.85. The number of nitrogens with zero attached hydrogens (tertiary/aromatic N) is 1. The van der Waals surface area contributed by atoms with E-state index in [0.29, 0.717) is 23.7 Å². The largest absolute Gasteiger partial charge is 0.497 e. The minimum absolute atomic E-state index is 0.0760. The maximum absolute atomic E-state index is 11.6. The molecule has 0 saturated carbocycles. The number of benzene rings is 1. The van der Waals surface area contributed by atoms with Crippen molar-refractivity contribution in [2.45, 2.75) is 0 Å². The zero-order valence-corrected chi connectivity index (χ0v) is 14.5. The van der Waals surface area contributed by atoms with E-state index >= 15 is 0 Å². The van der Waals surface area contributed by atoms with Gasteiger partial charge in [-0.25, -0.2) is 0 Å². The number of ether oxygens (including phenoxy) is 3. The highest BCUT2D eigenvalue weighted by atomic mass is 16.5. The summed E-state index contributed by atoms with van der Waals surface area (Å²) in [6.45, 7) is 0.620. The van der Waals surface area contributed by atoms with Crippen molar-refractivity contribution in [1.29, 1.82) is 0 Å². The first kappa shape index (κ1) is 19.9. The van der Waals surface area contributed by atoms with Crippen molar-refractivity contribution in [3.05, 3.63) is 35.0 Å². The quantitative estimate of drug-likeness (QED) is 0.205. The van der Waals surface area contributed by atoms with Crippen molar-refractivity contribution in [3.63, 3.8) is 0 Å². The highest BCUT2D eigenvalue weighted by Gasteiger charge is 2.14. The van der Waals surface area contributed by atoms with Crippen LogP contribution in [0.4, 0.5) is 0 Å². The summed E-state index contributed by atoms with van der Waals surface area (Å²) in [6.07, 6.45) is 0. The number of methoxy groups -OCH3 is 3. The summed E-state index contributed by atoms with van der Waals surface area (Å²) >= 11 is 0. The number of rotatable bonds is 7. The van der Waals surface area contributed by atoms with E-state index in [1.165, 1.54) is 21.3 Å². The van der Waals surface area contributed by atoms with Crippen LogP contribution in [0.1, 0.15) is 5.56 Å². The molecule has 0 bridgehead atoms. The number of aliphatic imine (C=N–C) groups is 1. The first-order valence-corrected chi connectivity index (χ1v) is 7.26. The predicted octanol–water partition coefficient (Wildman–Crippen LogP) is -0.243. The molecule has 0 spiro atoms. The van der Waals surface area contributed by atoms with Crippen molar-refractivity contribution < 1.29 is 19.0 Å². The monoisotopic (exact) mass is 346 g/mol. The maximum atomic E-state index is 11.6. The number of carbonyl (C=O) groups is 1. The van der Waals surface area contributed by atoms with E-state index in [-0.39, 0.29) is 23.7 Å². The van der Waals surface area contributed by atoms with Crippen LogP contribution >= 0.6 is 0 Å². The molecule has 1 amide bonds. The number of hydrogen-bond acceptors (Lipinski definition) is 6. The molecule has 8 heteroatoms. The molecule has 8 nitrogen and oxygen atoms in total. The fraction of sp³-hybridized carbons (Fsp3) is 0.294. The number of carbonyl (C=O) groups excluding carboxylic acids is 1. The number of primary amides is 1. The average Bonchev–Trinajstić information content (AvgIpc) is 2.59. The van der Waals surface area contributed by atoms with Gasteiger partial charge in [-0.15, -0.1) is 0 Å². The van der Waals surface area contributed by atoms with E-state index in [2.05, 4.69) is 16.8 Å². The summed E-state index contributed by atoms with van der Waals surface area (Å²) in [4.78, 5) is 15.6. The highest BCUT2D eigenvalue weighted by Crippen LogP contribution is 2.21. The Kier molecular flexibility index (Phi) is 7.82. The first-order valence-electron chi connectivity index (χ1n) is 7.26. The summed E-state index contributed by atoms with van der Waals surface area (Å²) in [6, 6.07) is 5.10. The molecule has 1 aromatic rings. The molecule has 0 aliphatic heterocycles. The third-order valence-corrected chi connectivity index (χ3v) is 3.04. The Hall–Kier alpha value is -3.18. The molecule has 0 unspecified atom stereocenters. The van der Waals surface area contributed by atoms with Crippen LogP contribution in [0.2, 0.25) is 0 Å². The lowest BCUT2D eigenvalue weighted by Gasteiger charge is -2.05. The Balaban J connectivity index is 3.22. The second-order valence-electron chi connectivity index (χ2n) is 4.76. The topological polar surface area (TPSA) is 135 Å². The Morgan fingerprint density at radius 1 is 1.08 bits per heavy atom. The van der Waals surface area contributed by atoms with Gasteiger partial charge in [0.05, 0.1) is 33.1 Å². The lowest BCUT2D eigenvalue weighted by Crippen LogP contribution is -2.30. The van der Waals surface area contributed by atoms with Crippen LogP contribution in [0, 0.1) is 11.8 Å². The molecule has 0 aromatic heterocycles. The molecule has 0 radical (unpaired) electrons. The van der Waals surface area contributed by atoms with Gasteiger partial charge in [-0.2, -0.15) is 0 Å². The van der Waals surface area contributed by atoms with Crippen molar-refractivity contribution in [2.24, 2.45) is 22.2 Å². The Morgan fingerprint density at radius 2 is 1.68 bits per heavy atom. The summed E-state index contributed by atoms with van der Waals surface area (Å²) in [5, 5.41) is 0. The molecule has 0 fully saturated rings. The predicted molar refractivity (Wildman–Crippen MR) is 95.2 cm³/mol. The number of allylic oxidation sites excluding steroid dienone is 1. The zero-order chi connectivity index (χ0) is 18.8. The molecule has 0 aliphatic carbocycles. The molecule has 25 heavy (non-hydrogen) atoms. The van der Waals surface area contributed by atoms with Crippen molar-refractivity contribution >= 4 is 11.7 Å². The van der Waals surface area contributed by atoms with Crippen LogP contribution in [0.3, 0.4) is 0 Å². The summed E-state index contributed by atoms with van der Waals surface area (Å²) < 4.78 is 15.2. The molecule has 6 N–H and O–H groups in total. The minimum atomic E-state index is -0.811. The van der Waals surface area contributed by atoms with Crippen molar-refractivity contribution in [2.75, 3.05) is 34.5 Å². The fourth-order valence-electron chi connectivity index (χ4n) is 1.81. The lowest BCUT2D eigenvalue weighted by atomic mass is 10.1. The van der Waals surface area contributed by atoms with E-state index in [1.54, 1.807) is 18.2 Å². The van der Waals surface area contributed by atoms with E-state index < -0.39 is 5.91 Å². The Labute approximate surface area is 146 Å². The number of hydrogen-bond donors (Lipinski definition) is 3. The second-order valence-corrected chi connectivity index (χ2v) is 4.76. The molecule has 1 aromatic carbocycles. The van der Waals surface area contributed by atoms with Gasteiger partial charge in [0.2, 0.25) is 0 Å². The average molecular weight is 346 g/mol. The van der Waals surface area contributed by atoms with Crippen LogP contribution < -0.4 is 26.7 Å². The van der Waals surface area contributed by atoms with E-state index in [9.17, 15) is 4.79 Å². The number of amides is 1. The number of amidine groups is 1. The molecular weight excluding hydrogens is 324 g/mol. The van der Waals surface area contributed by atoms with Gasteiger partial charge in [-0.1, -0.05) is 5.92 Å². The molecule has 0 saturated heterocycles. The third-order valence-electron chi connectivity index (χ3n) is 3.04. The molecular formula is C17H22N4O4. The third kappa shape index (κ3) is 6.08. The van der Waals surface area contributed by atoms with E-state index in [0.717, 1.165) is 0 Å². The van der Waals surface area contributed by atoms with Gasteiger partial charge in [0.25, 0.3) is 5.91 Å². The van der Waals surface area contributed by atoms with Gasteiger partial charge in [-0.05, 0) is 18.1 Å². The van der Waals surface area contributed by atoms with Gasteiger partial charge in [0.1, 0.15) is 22.9 Å². The number of nitrogens with two attached hydrogens (primary N) is 3. The van der Waals surface area contributed by atoms with Gasteiger partial charge in [0.15, 0.2) is 0 Å². The molecule has 0 heterocycles. The summed E-state index contributed by atoms with van der Waals surface area (Å²) in [5.41, 5.74) is 17.3. The van der Waals surface area contributed by atoms with Gasteiger partial charge < -0.3 is 31.4 Å². The Morgan fingerprint density at radius 3 is 2.16 bits per heavy atom. The van der Waals surface area contributed by atoms with Crippen LogP contribution in [-0.4, -0.2) is 46.2 Å². The summed E-state index contributed by atoms with van der Waals surface area (Å²) in [7, 11) is 4.59. The molecule has 0 aliphatic rings. The highest BCUT2D eigenvalue weighted by molar-refractivity contribution is 6.20. The van der Waals surface area contributed by atoms with Crippen LogP contribution in [0.25, 0.3) is 0 Å². The lowest BCUT2D eigenvalue weighted by molar-refractivity contribution is -0.114. The zero-order valence-electron chi connectivity index (χ0n) is 14.5. The SMILES string of the molecule is COCCN=C(N)C(C(N)=O)=C(N)C#Cc1cc(OC)cc(OC)c1. The smallest absolute Gasteiger partial charge is 0.255 e. The molecule has 0 atom stereocenters. The van der Waals surface area contributed by atoms with Gasteiger partial charge in [-0.3, -0.25) is 9.79 Å². The van der Waals surface area contributed by atoms with Crippen LogP contribution in [0.15, 0.2) is 34.5 Å². The van der Waals surface area contributed by atoms with E-state index in [4.69, 9.17) is 31.4 Å². The standard InChI is InChI=1S/C17H22N4O4/c1-23-7-6-21-16(19)15(17(20)22)14(18)5-4-11-8-12(24-2)10-13(9-11)25-3/h8-10H,6-7,18H2,1-3H3,(H2,19,21)(H2,20,22). The van der Waals surface area contributed by atoms with Crippen molar-refractivity contribution in [3.8, 4) is 23.3 Å². The van der Waals surface area contributed by atoms with Gasteiger partial charge >= 0.3 is 0 Å². The maximum Gasteiger partial charge on any atom is 0.255 e. The van der Waals surface area contributed by atoms with Crippen molar-refractivity contribution in [1.82, 2.24) is 0 Å².